The molecule has 0 aliphatic carbocycles. The first-order valence-electron chi connectivity index (χ1n) is 6.16. The minimum atomic E-state index is -0.446. The second-order valence-electron chi connectivity index (χ2n) is 4.41. The van der Waals surface area contributed by atoms with Gasteiger partial charge in [-0.25, -0.2) is 0 Å². The third-order valence-corrected chi connectivity index (χ3v) is 2.80. The van der Waals surface area contributed by atoms with Crippen LogP contribution in [0.25, 0.3) is 17.2 Å². The first kappa shape index (κ1) is 13.1. The second-order valence-corrected chi connectivity index (χ2v) is 4.41. The molecule has 1 N–H and O–H groups in total. The summed E-state index contributed by atoms with van der Waals surface area (Å²) in [7, 11) is 0. The SMILES string of the molecule is C[C@H](O)C=Cc1cccc(-c2ccc(C#N)cc2)c1. The number of nitrogens with zero attached hydrogens (tertiary/aromatic N) is 1. The Balaban J connectivity index is 2.30. The van der Waals surface area contributed by atoms with Gasteiger partial charge in [0.1, 0.15) is 0 Å². The lowest BCUT2D eigenvalue weighted by atomic mass is 10.0. The Morgan fingerprint density at radius 2 is 1.84 bits per heavy atom. The molecule has 0 aliphatic rings. The van der Waals surface area contributed by atoms with Gasteiger partial charge >= 0.3 is 0 Å². The zero-order valence-electron chi connectivity index (χ0n) is 10.7. The van der Waals surface area contributed by atoms with Gasteiger partial charge in [0.2, 0.25) is 0 Å². The summed E-state index contributed by atoms with van der Waals surface area (Å²) in [6, 6.07) is 17.7. The largest absolute Gasteiger partial charge is 0.389 e. The average molecular weight is 249 g/mol. The number of hydrogen-bond donors (Lipinski definition) is 1. The first-order valence-corrected chi connectivity index (χ1v) is 6.16. The van der Waals surface area contributed by atoms with Crippen LogP contribution in [0.3, 0.4) is 0 Å². The molecule has 0 amide bonds. The second kappa shape index (κ2) is 5.99. The molecule has 0 saturated carbocycles. The lowest BCUT2D eigenvalue weighted by molar-refractivity contribution is 0.245. The van der Waals surface area contributed by atoms with E-state index < -0.39 is 6.10 Å². The van der Waals surface area contributed by atoms with Crippen molar-refractivity contribution >= 4 is 6.08 Å². The highest BCUT2D eigenvalue weighted by atomic mass is 16.3. The predicted molar refractivity (Wildman–Crippen MR) is 77.3 cm³/mol. The average Bonchev–Trinajstić information content (AvgIpc) is 2.45. The van der Waals surface area contributed by atoms with E-state index in [-0.39, 0.29) is 0 Å². The van der Waals surface area contributed by atoms with E-state index in [9.17, 15) is 5.11 Å². The van der Waals surface area contributed by atoms with Gasteiger partial charge in [-0.15, -0.1) is 0 Å². The van der Waals surface area contributed by atoms with Crippen molar-refractivity contribution in [3.05, 3.63) is 65.7 Å². The maximum atomic E-state index is 9.24. The zero-order valence-corrected chi connectivity index (χ0v) is 10.7. The van der Waals surface area contributed by atoms with E-state index in [1.165, 1.54) is 0 Å². The fourth-order valence-corrected chi connectivity index (χ4v) is 1.81. The van der Waals surface area contributed by atoms with Crippen molar-refractivity contribution in [2.24, 2.45) is 0 Å². The maximum absolute atomic E-state index is 9.24. The van der Waals surface area contributed by atoms with Crippen LogP contribution in [0, 0.1) is 11.3 Å². The molecular formula is C17H15NO. The molecule has 19 heavy (non-hydrogen) atoms. The molecule has 2 heteroatoms. The van der Waals surface area contributed by atoms with E-state index in [1.807, 2.05) is 48.5 Å². The normalized spacial score (nSPS) is 12.3. The predicted octanol–water partition coefficient (Wildman–Crippen LogP) is 3.62. The standard InChI is InChI=1S/C17H15NO/c1-13(19)5-6-14-3-2-4-17(11-14)16-9-7-15(12-18)8-10-16/h2-11,13,19H,1H3/t13-/m0/s1. The lowest BCUT2D eigenvalue weighted by Crippen LogP contribution is -1.91. The van der Waals surface area contributed by atoms with Crippen molar-refractivity contribution in [1.82, 2.24) is 0 Å². The van der Waals surface area contributed by atoms with Gasteiger partial charge in [-0.2, -0.15) is 5.26 Å². The van der Waals surface area contributed by atoms with Crippen molar-refractivity contribution < 1.29 is 5.11 Å². The van der Waals surface area contributed by atoms with Crippen molar-refractivity contribution in [3.8, 4) is 17.2 Å². The zero-order chi connectivity index (χ0) is 13.7. The molecule has 0 fully saturated rings. The Kier molecular flexibility index (Phi) is 4.12. The fraction of sp³-hybridized carbons (Fsp3) is 0.118. The molecule has 2 aromatic carbocycles. The summed E-state index contributed by atoms with van der Waals surface area (Å²) in [5.41, 5.74) is 3.88. The van der Waals surface area contributed by atoms with Crippen molar-refractivity contribution in [2.45, 2.75) is 13.0 Å². The summed E-state index contributed by atoms with van der Waals surface area (Å²) < 4.78 is 0. The highest BCUT2D eigenvalue weighted by Gasteiger charge is 1.99. The number of nitriles is 1. The molecule has 0 radical (unpaired) electrons. The molecule has 2 nitrogen and oxygen atoms in total. The van der Waals surface area contributed by atoms with Gasteiger partial charge in [0.05, 0.1) is 17.7 Å². The van der Waals surface area contributed by atoms with Crippen molar-refractivity contribution in [1.29, 1.82) is 5.26 Å². The molecule has 94 valence electrons. The number of benzene rings is 2. The van der Waals surface area contributed by atoms with Crippen LogP contribution in [0.2, 0.25) is 0 Å². The minimum absolute atomic E-state index is 0.446. The topological polar surface area (TPSA) is 44.0 Å². The van der Waals surface area contributed by atoms with E-state index in [1.54, 1.807) is 13.0 Å². The summed E-state index contributed by atoms with van der Waals surface area (Å²) in [5.74, 6) is 0. The van der Waals surface area contributed by atoms with Gasteiger partial charge in [0.25, 0.3) is 0 Å². The van der Waals surface area contributed by atoms with E-state index in [2.05, 4.69) is 12.1 Å². The molecule has 0 bridgehead atoms. The van der Waals surface area contributed by atoms with E-state index in [0.717, 1.165) is 16.7 Å². The number of aliphatic hydroxyl groups is 1. The minimum Gasteiger partial charge on any atom is -0.389 e. The summed E-state index contributed by atoms with van der Waals surface area (Å²) in [6.07, 6.45) is 3.20. The van der Waals surface area contributed by atoms with E-state index in [4.69, 9.17) is 5.26 Å². The van der Waals surface area contributed by atoms with Gasteiger partial charge < -0.3 is 5.11 Å². The highest BCUT2D eigenvalue weighted by molar-refractivity contribution is 5.68. The Bertz CT molecular complexity index is 618. The molecule has 1 atom stereocenters. The van der Waals surface area contributed by atoms with Crippen LogP contribution >= 0.6 is 0 Å². The molecule has 0 spiro atoms. The Labute approximate surface area is 113 Å². The van der Waals surface area contributed by atoms with E-state index in [0.29, 0.717) is 5.56 Å². The third kappa shape index (κ3) is 3.54. The van der Waals surface area contributed by atoms with Crippen LogP contribution < -0.4 is 0 Å². The van der Waals surface area contributed by atoms with Gasteiger partial charge in [0.15, 0.2) is 0 Å². The molecule has 0 unspecified atom stereocenters. The van der Waals surface area contributed by atoms with Crippen LogP contribution in [-0.4, -0.2) is 11.2 Å². The van der Waals surface area contributed by atoms with Gasteiger partial charge in [0, 0.05) is 0 Å². The molecule has 2 rings (SSSR count). The summed E-state index contributed by atoms with van der Waals surface area (Å²) in [4.78, 5) is 0. The number of hydrogen-bond acceptors (Lipinski definition) is 2. The third-order valence-electron chi connectivity index (χ3n) is 2.80. The van der Waals surface area contributed by atoms with Crippen molar-refractivity contribution in [3.63, 3.8) is 0 Å². The Morgan fingerprint density at radius 3 is 2.47 bits per heavy atom. The quantitative estimate of drug-likeness (QED) is 0.902. The molecular weight excluding hydrogens is 234 g/mol. The fourth-order valence-electron chi connectivity index (χ4n) is 1.81. The molecule has 0 aromatic heterocycles. The lowest BCUT2D eigenvalue weighted by Gasteiger charge is -2.03. The molecule has 0 aliphatic heterocycles. The van der Waals surface area contributed by atoms with Gasteiger partial charge in [-0.1, -0.05) is 42.5 Å². The van der Waals surface area contributed by atoms with Crippen LogP contribution in [-0.2, 0) is 0 Å². The molecule has 0 heterocycles. The summed E-state index contributed by atoms with van der Waals surface area (Å²) in [5, 5.41) is 18.0. The van der Waals surface area contributed by atoms with Gasteiger partial charge in [-0.3, -0.25) is 0 Å². The number of rotatable bonds is 3. The van der Waals surface area contributed by atoms with Crippen LogP contribution in [0.4, 0.5) is 0 Å². The Hall–Kier alpha value is -2.37. The molecule has 0 saturated heterocycles. The highest BCUT2D eigenvalue weighted by Crippen LogP contribution is 2.21. The Morgan fingerprint density at radius 1 is 1.11 bits per heavy atom. The smallest absolute Gasteiger partial charge is 0.0991 e. The summed E-state index contributed by atoms with van der Waals surface area (Å²) in [6.45, 7) is 1.72. The monoisotopic (exact) mass is 249 g/mol. The maximum Gasteiger partial charge on any atom is 0.0991 e. The van der Waals surface area contributed by atoms with Crippen molar-refractivity contribution in [2.75, 3.05) is 0 Å². The summed E-state index contributed by atoms with van der Waals surface area (Å²) >= 11 is 0. The molecule has 2 aromatic rings. The van der Waals surface area contributed by atoms with E-state index >= 15 is 0 Å². The first-order chi connectivity index (χ1) is 9.19. The van der Waals surface area contributed by atoms with Crippen LogP contribution in [0.1, 0.15) is 18.1 Å². The number of aliphatic hydroxyl groups excluding tert-OH is 1. The van der Waals surface area contributed by atoms with Gasteiger partial charge in [-0.05, 0) is 41.8 Å². The van der Waals surface area contributed by atoms with Crippen LogP contribution in [0.5, 0.6) is 0 Å². The van der Waals surface area contributed by atoms with Crippen LogP contribution in [0.15, 0.2) is 54.6 Å².